The molecule has 35 heavy (non-hydrogen) atoms. The highest BCUT2D eigenvalue weighted by molar-refractivity contribution is 5.94. The molecule has 4 aromatic rings. The molecule has 0 N–H and O–H groups in total. The molecule has 0 bridgehead atoms. The molecule has 1 aliphatic rings. The minimum Gasteiger partial charge on any atom is -0.453 e. The second-order valence-electron chi connectivity index (χ2n) is 9.18. The summed E-state index contributed by atoms with van der Waals surface area (Å²) < 4.78 is 21.2. The van der Waals surface area contributed by atoms with Gasteiger partial charge < -0.3 is 4.74 Å². The molecule has 1 atom stereocenters. The number of hydrogen-bond donors (Lipinski definition) is 0. The van der Waals surface area contributed by atoms with E-state index in [1.165, 1.54) is 11.1 Å². The summed E-state index contributed by atoms with van der Waals surface area (Å²) in [6.45, 7) is 4.28. The van der Waals surface area contributed by atoms with Crippen LogP contribution in [0.3, 0.4) is 0 Å². The van der Waals surface area contributed by atoms with Gasteiger partial charge >= 0.3 is 5.97 Å². The average Bonchev–Trinajstić information content (AvgIpc) is 2.89. The quantitative estimate of drug-likeness (QED) is 0.269. The van der Waals surface area contributed by atoms with Crippen LogP contribution >= 0.6 is 0 Å². The highest BCUT2D eigenvalue weighted by Crippen LogP contribution is 2.36. The topological polar surface area (TPSA) is 26.3 Å². The second-order valence-corrected chi connectivity index (χ2v) is 9.18. The smallest absolute Gasteiger partial charge is 0.342 e. The Hall–Kier alpha value is -3.72. The van der Waals surface area contributed by atoms with Gasteiger partial charge in [0.25, 0.3) is 0 Å². The van der Waals surface area contributed by atoms with Crippen LogP contribution in [0.15, 0.2) is 84.9 Å². The van der Waals surface area contributed by atoms with Gasteiger partial charge in [0.05, 0.1) is 5.56 Å². The van der Waals surface area contributed by atoms with Crippen molar-refractivity contribution >= 4 is 5.97 Å². The predicted molar refractivity (Wildman–Crippen MR) is 139 cm³/mol. The summed E-state index contributed by atoms with van der Waals surface area (Å²) in [4.78, 5) is 12.9. The SMILES string of the molecule is CCCc1ccc(-c2ccc3c(c2F)C(=O)OC(c2ccc(-c4ccc(CC)cc4)cc2)C3)cc1. The lowest BCUT2D eigenvalue weighted by atomic mass is 9.90. The Morgan fingerprint density at radius 2 is 1.37 bits per heavy atom. The van der Waals surface area contributed by atoms with Crippen molar-refractivity contribution in [2.45, 2.75) is 45.6 Å². The number of aryl methyl sites for hydroxylation is 2. The van der Waals surface area contributed by atoms with Crippen LogP contribution in [0.1, 0.15) is 59.0 Å². The minimum absolute atomic E-state index is 0.0593. The van der Waals surface area contributed by atoms with Crippen LogP contribution in [0.4, 0.5) is 4.39 Å². The van der Waals surface area contributed by atoms with Gasteiger partial charge in [-0.3, -0.25) is 0 Å². The van der Waals surface area contributed by atoms with Gasteiger partial charge in [0.15, 0.2) is 0 Å². The first kappa shape index (κ1) is 23.0. The molecule has 0 saturated carbocycles. The fraction of sp³-hybridized carbons (Fsp3) is 0.219. The molecule has 1 heterocycles. The summed E-state index contributed by atoms with van der Waals surface area (Å²) in [7, 11) is 0. The maximum Gasteiger partial charge on any atom is 0.342 e. The van der Waals surface area contributed by atoms with E-state index < -0.39 is 17.9 Å². The van der Waals surface area contributed by atoms with Crippen molar-refractivity contribution in [3.05, 3.63) is 119 Å². The molecule has 1 aliphatic heterocycles. The van der Waals surface area contributed by atoms with Crippen molar-refractivity contribution < 1.29 is 13.9 Å². The first-order valence-corrected chi connectivity index (χ1v) is 12.4. The number of esters is 1. The molecular weight excluding hydrogens is 435 g/mol. The molecule has 4 aromatic carbocycles. The summed E-state index contributed by atoms with van der Waals surface area (Å²) >= 11 is 0. The van der Waals surface area contributed by atoms with Crippen molar-refractivity contribution in [3.63, 3.8) is 0 Å². The van der Waals surface area contributed by atoms with Crippen molar-refractivity contribution in [3.8, 4) is 22.3 Å². The Balaban J connectivity index is 1.38. The zero-order valence-electron chi connectivity index (χ0n) is 20.2. The van der Waals surface area contributed by atoms with Gasteiger partial charge in [-0.15, -0.1) is 0 Å². The van der Waals surface area contributed by atoms with Crippen LogP contribution in [-0.2, 0) is 24.0 Å². The molecular formula is C32H29FO2. The van der Waals surface area contributed by atoms with E-state index >= 15 is 4.39 Å². The normalized spacial score (nSPS) is 14.9. The minimum atomic E-state index is -0.600. The number of hydrogen-bond acceptors (Lipinski definition) is 2. The monoisotopic (exact) mass is 464 g/mol. The van der Waals surface area contributed by atoms with Gasteiger partial charge in [0.1, 0.15) is 11.9 Å². The lowest BCUT2D eigenvalue weighted by molar-refractivity contribution is 0.0246. The molecule has 0 aromatic heterocycles. The maximum absolute atomic E-state index is 15.5. The highest BCUT2D eigenvalue weighted by Gasteiger charge is 2.31. The lowest BCUT2D eigenvalue weighted by Crippen LogP contribution is -2.23. The fourth-order valence-corrected chi connectivity index (χ4v) is 4.81. The van der Waals surface area contributed by atoms with Crippen LogP contribution in [-0.4, -0.2) is 5.97 Å². The van der Waals surface area contributed by atoms with E-state index in [1.807, 2.05) is 54.6 Å². The molecule has 1 unspecified atom stereocenters. The number of fused-ring (bicyclic) bond motifs is 1. The van der Waals surface area contributed by atoms with Gasteiger partial charge in [-0.05, 0) is 51.8 Å². The molecule has 176 valence electrons. The standard InChI is InChI=1S/C32H29FO2/c1-3-5-22-8-12-25(13-9-22)28-19-18-27-20-29(35-32(34)30(27)31(28)33)26-16-14-24(15-17-26)23-10-6-21(4-2)7-11-23/h6-19,29H,3-5,20H2,1-2H3. The van der Waals surface area contributed by atoms with Crippen molar-refractivity contribution in [1.82, 2.24) is 0 Å². The number of benzene rings is 4. The van der Waals surface area contributed by atoms with Crippen LogP contribution in [0.25, 0.3) is 22.3 Å². The van der Waals surface area contributed by atoms with E-state index in [9.17, 15) is 4.79 Å². The van der Waals surface area contributed by atoms with E-state index in [2.05, 4.69) is 38.1 Å². The summed E-state index contributed by atoms with van der Waals surface area (Å²) in [5.41, 5.74) is 7.65. The van der Waals surface area contributed by atoms with Gasteiger partial charge in [0.2, 0.25) is 0 Å². The van der Waals surface area contributed by atoms with Crippen LogP contribution < -0.4 is 0 Å². The van der Waals surface area contributed by atoms with E-state index in [1.54, 1.807) is 6.07 Å². The van der Waals surface area contributed by atoms with E-state index in [-0.39, 0.29) is 5.56 Å². The van der Waals surface area contributed by atoms with Crippen molar-refractivity contribution in [2.75, 3.05) is 0 Å². The predicted octanol–water partition coefficient (Wildman–Crippen LogP) is 8.13. The molecule has 0 amide bonds. The third-order valence-electron chi connectivity index (χ3n) is 6.87. The van der Waals surface area contributed by atoms with Crippen molar-refractivity contribution in [2.24, 2.45) is 0 Å². The first-order chi connectivity index (χ1) is 17.1. The molecule has 5 rings (SSSR count). The molecule has 0 radical (unpaired) electrons. The molecule has 3 heteroatoms. The second kappa shape index (κ2) is 9.87. The van der Waals surface area contributed by atoms with Gasteiger partial charge in [0, 0.05) is 12.0 Å². The molecule has 0 aliphatic carbocycles. The molecule has 0 fully saturated rings. The van der Waals surface area contributed by atoms with Crippen molar-refractivity contribution in [1.29, 1.82) is 0 Å². The Labute approximate surface area is 206 Å². The van der Waals surface area contributed by atoms with Gasteiger partial charge in [-0.1, -0.05) is 105 Å². The molecule has 0 saturated heterocycles. The number of ether oxygens (including phenoxy) is 1. The van der Waals surface area contributed by atoms with Gasteiger partial charge in [-0.25, -0.2) is 9.18 Å². The zero-order chi connectivity index (χ0) is 24.4. The Morgan fingerprint density at radius 1 is 0.771 bits per heavy atom. The van der Waals surface area contributed by atoms with E-state index in [0.717, 1.165) is 41.5 Å². The largest absolute Gasteiger partial charge is 0.453 e. The third-order valence-corrected chi connectivity index (χ3v) is 6.87. The van der Waals surface area contributed by atoms with Crippen LogP contribution in [0.2, 0.25) is 0 Å². The Kier molecular flexibility index (Phi) is 6.50. The van der Waals surface area contributed by atoms with Crippen LogP contribution in [0, 0.1) is 5.82 Å². The summed E-state index contributed by atoms with van der Waals surface area (Å²) in [6, 6.07) is 28.2. The first-order valence-electron chi connectivity index (χ1n) is 12.4. The number of cyclic esters (lactones) is 1. The zero-order valence-corrected chi connectivity index (χ0v) is 20.2. The van der Waals surface area contributed by atoms with Crippen LogP contribution in [0.5, 0.6) is 0 Å². The maximum atomic E-state index is 15.5. The highest BCUT2D eigenvalue weighted by atomic mass is 19.1. The molecule has 2 nitrogen and oxygen atoms in total. The average molecular weight is 465 g/mol. The lowest BCUT2D eigenvalue weighted by Gasteiger charge is -2.26. The Bertz CT molecular complexity index is 1340. The summed E-state index contributed by atoms with van der Waals surface area (Å²) in [6.07, 6.45) is 3.10. The summed E-state index contributed by atoms with van der Waals surface area (Å²) in [5.74, 6) is -1.10. The molecule has 0 spiro atoms. The number of rotatable bonds is 6. The number of halogens is 1. The van der Waals surface area contributed by atoms with E-state index in [0.29, 0.717) is 17.5 Å². The third kappa shape index (κ3) is 4.64. The fourth-order valence-electron chi connectivity index (χ4n) is 4.81. The number of carbonyl (C=O) groups is 1. The van der Waals surface area contributed by atoms with Gasteiger partial charge in [-0.2, -0.15) is 0 Å². The summed E-state index contributed by atoms with van der Waals surface area (Å²) in [5, 5.41) is 0. The van der Waals surface area contributed by atoms with E-state index in [4.69, 9.17) is 4.74 Å². The Morgan fingerprint density at radius 3 is 2.00 bits per heavy atom. The number of carbonyl (C=O) groups excluding carboxylic acids is 1.